The number of aromatic nitrogens is 1. The van der Waals surface area contributed by atoms with E-state index in [-0.39, 0.29) is 6.04 Å². The largest absolute Gasteiger partial charge is 0.492 e. The van der Waals surface area contributed by atoms with Gasteiger partial charge < -0.3 is 14.0 Å². The van der Waals surface area contributed by atoms with Crippen LogP contribution in [0.15, 0.2) is 97.1 Å². The van der Waals surface area contributed by atoms with Crippen LogP contribution in [-0.4, -0.2) is 24.3 Å². The van der Waals surface area contributed by atoms with Gasteiger partial charge in [-0.1, -0.05) is 83.9 Å². The fraction of sp³-hybridized carbons (Fsp3) is 0.156. The number of carbonyl (C=O) groups is 1. The van der Waals surface area contributed by atoms with Gasteiger partial charge in [0, 0.05) is 28.0 Å². The number of benzene rings is 4. The highest BCUT2D eigenvalue weighted by molar-refractivity contribution is 6.32. The van der Waals surface area contributed by atoms with E-state index in [1.807, 2.05) is 24.3 Å². The van der Waals surface area contributed by atoms with Crippen molar-refractivity contribution in [3.63, 3.8) is 0 Å². The first-order valence-electron chi connectivity index (χ1n) is 12.4. The number of ether oxygens (including phenoxy) is 2. The fourth-order valence-electron chi connectivity index (χ4n) is 5.02. The molecule has 0 aliphatic rings. The van der Waals surface area contributed by atoms with Gasteiger partial charge in [0.05, 0.1) is 30.3 Å². The van der Waals surface area contributed by atoms with Crippen molar-refractivity contribution in [3.05, 3.63) is 135 Å². The average Bonchev–Trinajstić information content (AvgIpc) is 3.20. The first-order chi connectivity index (χ1) is 18.5. The third kappa shape index (κ3) is 5.15. The van der Waals surface area contributed by atoms with E-state index < -0.39 is 5.97 Å². The van der Waals surface area contributed by atoms with E-state index in [9.17, 15) is 4.79 Å². The van der Waals surface area contributed by atoms with E-state index in [0.717, 1.165) is 16.6 Å². The molecule has 0 bridgehead atoms. The molecule has 0 unspecified atom stereocenters. The lowest BCUT2D eigenvalue weighted by Gasteiger charge is -2.23. The van der Waals surface area contributed by atoms with Crippen molar-refractivity contribution in [3.8, 4) is 5.75 Å². The minimum atomic E-state index is -0.440. The molecule has 38 heavy (non-hydrogen) atoms. The third-order valence-electron chi connectivity index (χ3n) is 6.79. The van der Waals surface area contributed by atoms with Crippen LogP contribution < -0.4 is 4.74 Å². The maximum Gasteiger partial charge on any atom is 0.337 e. The number of rotatable bonds is 8. The first kappa shape index (κ1) is 25.9. The summed E-state index contributed by atoms with van der Waals surface area (Å²) in [6.07, 6.45) is 0.654. The number of esters is 1. The highest BCUT2D eigenvalue weighted by Crippen LogP contribution is 2.37. The predicted molar refractivity (Wildman–Crippen MR) is 154 cm³/mol. The van der Waals surface area contributed by atoms with Gasteiger partial charge in [0.2, 0.25) is 0 Å². The number of fused-ring (bicyclic) bond motifs is 1. The molecular weight excluding hydrogens is 517 g/mol. The van der Waals surface area contributed by atoms with E-state index in [1.54, 1.807) is 18.2 Å². The normalized spacial score (nSPS) is 11.2. The van der Waals surface area contributed by atoms with Gasteiger partial charge in [0.1, 0.15) is 5.75 Å². The minimum Gasteiger partial charge on any atom is -0.492 e. The van der Waals surface area contributed by atoms with Crippen LogP contribution in [0.3, 0.4) is 0 Å². The highest BCUT2D eigenvalue weighted by Gasteiger charge is 2.23. The van der Waals surface area contributed by atoms with Crippen LogP contribution in [0, 0.1) is 6.92 Å². The van der Waals surface area contributed by atoms with Crippen LogP contribution in [0.25, 0.3) is 10.9 Å². The molecule has 0 aliphatic heterocycles. The summed E-state index contributed by atoms with van der Waals surface area (Å²) in [6.45, 7) is 2.56. The molecule has 6 heteroatoms. The van der Waals surface area contributed by atoms with Gasteiger partial charge in [0.25, 0.3) is 0 Å². The molecule has 0 spiro atoms. The number of hydrogen-bond acceptors (Lipinski definition) is 3. The molecule has 4 nitrogen and oxygen atoms in total. The quantitative estimate of drug-likeness (QED) is 0.185. The summed E-state index contributed by atoms with van der Waals surface area (Å²) in [5.41, 5.74) is 6.21. The summed E-state index contributed by atoms with van der Waals surface area (Å²) in [5, 5.41) is 2.15. The second kappa shape index (κ2) is 11.3. The van der Waals surface area contributed by atoms with Crippen molar-refractivity contribution in [1.29, 1.82) is 0 Å². The topological polar surface area (TPSA) is 40.5 Å². The third-order valence-corrected chi connectivity index (χ3v) is 7.32. The molecule has 5 rings (SSSR count). The molecule has 0 atom stereocenters. The Morgan fingerprint density at radius 3 is 2.13 bits per heavy atom. The van der Waals surface area contributed by atoms with Crippen LogP contribution in [-0.2, 0) is 11.2 Å². The fourth-order valence-corrected chi connectivity index (χ4v) is 5.42. The number of nitrogens with zero attached hydrogens (tertiary/aromatic N) is 1. The molecule has 1 aromatic heterocycles. The summed E-state index contributed by atoms with van der Waals surface area (Å²) in [7, 11) is 1.34. The Bertz CT molecular complexity index is 1540. The van der Waals surface area contributed by atoms with Crippen LogP contribution >= 0.6 is 23.2 Å². The Morgan fingerprint density at radius 1 is 0.868 bits per heavy atom. The van der Waals surface area contributed by atoms with E-state index in [2.05, 4.69) is 66.1 Å². The van der Waals surface area contributed by atoms with Gasteiger partial charge in [-0.3, -0.25) is 0 Å². The monoisotopic (exact) mass is 543 g/mol. The highest BCUT2D eigenvalue weighted by atomic mass is 35.5. The SMILES string of the molecule is COC(=O)c1ccc(OCCc2c(C)n(C(c3ccccc3)c3ccccc3)c3ccc(Cl)cc23)c(Cl)c1. The Balaban J connectivity index is 1.52. The molecule has 0 saturated carbocycles. The lowest BCUT2D eigenvalue weighted by molar-refractivity contribution is 0.0600. The van der Waals surface area contributed by atoms with Gasteiger partial charge in [-0.15, -0.1) is 0 Å². The van der Waals surface area contributed by atoms with E-state index in [4.69, 9.17) is 32.7 Å². The molecule has 0 radical (unpaired) electrons. The molecular formula is C32H27Cl2NO3. The predicted octanol–water partition coefficient (Wildman–Crippen LogP) is 8.30. The molecule has 0 amide bonds. The van der Waals surface area contributed by atoms with Gasteiger partial charge >= 0.3 is 5.97 Å². The second-order valence-electron chi connectivity index (χ2n) is 9.05. The summed E-state index contributed by atoms with van der Waals surface area (Å²) < 4.78 is 13.2. The average molecular weight is 544 g/mol. The van der Waals surface area contributed by atoms with Crippen molar-refractivity contribution >= 4 is 40.1 Å². The van der Waals surface area contributed by atoms with Gasteiger partial charge in [-0.25, -0.2) is 4.79 Å². The first-order valence-corrected chi connectivity index (χ1v) is 13.1. The van der Waals surface area contributed by atoms with Crippen molar-refractivity contribution in [1.82, 2.24) is 4.57 Å². The van der Waals surface area contributed by atoms with Gasteiger partial charge in [0.15, 0.2) is 0 Å². The number of hydrogen-bond donors (Lipinski definition) is 0. The van der Waals surface area contributed by atoms with Gasteiger partial charge in [-0.2, -0.15) is 0 Å². The van der Waals surface area contributed by atoms with Crippen molar-refractivity contribution in [2.45, 2.75) is 19.4 Å². The zero-order valence-electron chi connectivity index (χ0n) is 21.2. The second-order valence-corrected chi connectivity index (χ2v) is 9.90. The molecule has 0 N–H and O–H groups in total. The van der Waals surface area contributed by atoms with Gasteiger partial charge in [-0.05, 0) is 60.0 Å². The van der Waals surface area contributed by atoms with E-state index in [0.29, 0.717) is 34.4 Å². The summed E-state index contributed by atoms with van der Waals surface area (Å²) in [4.78, 5) is 11.8. The Hall–Kier alpha value is -3.73. The van der Waals surface area contributed by atoms with Crippen molar-refractivity contribution < 1.29 is 14.3 Å². The van der Waals surface area contributed by atoms with Crippen molar-refractivity contribution in [2.24, 2.45) is 0 Å². The maximum absolute atomic E-state index is 11.8. The molecule has 5 aromatic rings. The van der Waals surface area contributed by atoms with Crippen LogP contribution in [0.4, 0.5) is 0 Å². The Kier molecular flexibility index (Phi) is 7.73. The molecule has 1 heterocycles. The summed E-state index contributed by atoms with van der Waals surface area (Å²) in [6, 6.07) is 32.0. The molecule has 4 aromatic carbocycles. The maximum atomic E-state index is 11.8. The lowest BCUT2D eigenvalue weighted by atomic mass is 9.98. The Morgan fingerprint density at radius 2 is 1.53 bits per heavy atom. The lowest BCUT2D eigenvalue weighted by Crippen LogP contribution is -2.14. The zero-order valence-corrected chi connectivity index (χ0v) is 22.7. The summed E-state index contributed by atoms with van der Waals surface area (Å²) >= 11 is 12.9. The number of halogens is 2. The van der Waals surface area contributed by atoms with Crippen LogP contribution in [0.1, 0.15) is 38.8 Å². The standard InChI is InChI=1S/C32H27Cl2NO3/c1-21-26(17-18-38-30-16-13-24(19-28(30)34)32(36)37-2)27-20-25(33)14-15-29(27)35(21)31(22-9-5-3-6-10-22)23-11-7-4-8-12-23/h3-16,19-20,31H,17-18H2,1-2H3. The van der Waals surface area contributed by atoms with Crippen LogP contribution in [0.2, 0.25) is 10.0 Å². The number of carbonyl (C=O) groups excluding carboxylic acids is 1. The smallest absolute Gasteiger partial charge is 0.337 e. The molecule has 0 saturated heterocycles. The van der Waals surface area contributed by atoms with E-state index in [1.165, 1.54) is 23.8 Å². The number of methoxy groups -OCH3 is 1. The summed E-state index contributed by atoms with van der Waals surface area (Å²) in [5.74, 6) is 0.0790. The molecule has 0 fully saturated rings. The Labute approximate surface area is 232 Å². The van der Waals surface area contributed by atoms with Crippen molar-refractivity contribution in [2.75, 3.05) is 13.7 Å². The molecule has 192 valence electrons. The molecule has 0 aliphatic carbocycles. The van der Waals surface area contributed by atoms with E-state index >= 15 is 0 Å². The zero-order chi connectivity index (χ0) is 26.6. The minimum absolute atomic E-state index is 0.00365. The van der Waals surface area contributed by atoms with Crippen LogP contribution in [0.5, 0.6) is 5.75 Å².